The van der Waals surface area contributed by atoms with Crippen LogP contribution in [0.15, 0.2) is 36.0 Å². The smallest absolute Gasteiger partial charge is 0.277 e. The van der Waals surface area contributed by atoms with E-state index >= 15 is 0 Å². The molecule has 0 radical (unpaired) electrons. The van der Waals surface area contributed by atoms with Gasteiger partial charge in [0.2, 0.25) is 5.78 Å². The standard InChI is InChI=1S/C18H14Cl2N6OS/c1-9-12(7-21)15(11-3-2-10(19)6-13(11)20)26-8-14(24-17(26)23-9)16(27)25-18-22-4-5-28-18/h2-6,8H,7,21H2,1H3,(H,22,25,27). The van der Waals surface area contributed by atoms with E-state index in [9.17, 15) is 4.79 Å². The molecule has 0 aliphatic heterocycles. The third kappa shape index (κ3) is 3.35. The summed E-state index contributed by atoms with van der Waals surface area (Å²) in [7, 11) is 0. The molecule has 0 fully saturated rings. The second-order valence-electron chi connectivity index (χ2n) is 5.94. The Morgan fingerprint density at radius 2 is 2.14 bits per heavy atom. The molecule has 3 N–H and O–H groups in total. The molecule has 0 saturated carbocycles. The van der Waals surface area contributed by atoms with Gasteiger partial charge in [-0.2, -0.15) is 0 Å². The lowest BCUT2D eigenvalue weighted by Crippen LogP contribution is -2.11. The zero-order valence-corrected chi connectivity index (χ0v) is 16.9. The van der Waals surface area contributed by atoms with E-state index in [1.807, 2.05) is 13.0 Å². The average Bonchev–Trinajstić information content (AvgIpc) is 3.30. The summed E-state index contributed by atoms with van der Waals surface area (Å²) in [6, 6.07) is 5.22. The van der Waals surface area contributed by atoms with Crippen LogP contribution in [0.1, 0.15) is 21.7 Å². The summed E-state index contributed by atoms with van der Waals surface area (Å²) in [4.78, 5) is 25.5. The van der Waals surface area contributed by atoms with Crippen LogP contribution in [0.3, 0.4) is 0 Å². The number of thiazole rings is 1. The predicted molar refractivity (Wildman–Crippen MR) is 111 cm³/mol. The Hall–Kier alpha value is -2.52. The fourth-order valence-electron chi connectivity index (χ4n) is 2.92. The number of carbonyl (C=O) groups is 1. The van der Waals surface area contributed by atoms with Gasteiger partial charge in [0.1, 0.15) is 5.69 Å². The van der Waals surface area contributed by atoms with E-state index in [4.69, 9.17) is 28.9 Å². The fourth-order valence-corrected chi connectivity index (χ4v) is 3.94. The number of hydrogen-bond donors (Lipinski definition) is 2. The Balaban J connectivity index is 1.89. The van der Waals surface area contributed by atoms with Crippen molar-refractivity contribution in [2.75, 3.05) is 5.32 Å². The van der Waals surface area contributed by atoms with Crippen LogP contribution in [0.4, 0.5) is 5.13 Å². The molecule has 1 aromatic carbocycles. The molecule has 0 aliphatic carbocycles. The van der Waals surface area contributed by atoms with Crippen molar-refractivity contribution < 1.29 is 4.79 Å². The van der Waals surface area contributed by atoms with E-state index in [0.29, 0.717) is 26.6 Å². The molecule has 1 amide bonds. The monoisotopic (exact) mass is 432 g/mol. The quantitative estimate of drug-likeness (QED) is 0.503. The third-order valence-electron chi connectivity index (χ3n) is 4.19. The van der Waals surface area contributed by atoms with E-state index < -0.39 is 0 Å². The summed E-state index contributed by atoms with van der Waals surface area (Å²) in [6.45, 7) is 2.10. The molecule has 0 bridgehead atoms. The van der Waals surface area contributed by atoms with E-state index in [1.54, 1.807) is 34.3 Å². The molecular formula is C18H14Cl2N6OS. The Bertz CT molecular complexity index is 1190. The lowest BCUT2D eigenvalue weighted by atomic mass is 10.0. The van der Waals surface area contributed by atoms with Crippen molar-refractivity contribution >= 4 is 51.4 Å². The lowest BCUT2D eigenvalue weighted by Gasteiger charge is -2.14. The molecular weight excluding hydrogens is 419 g/mol. The van der Waals surface area contributed by atoms with Crippen LogP contribution in [0.5, 0.6) is 0 Å². The number of aromatic nitrogens is 4. The van der Waals surface area contributed by atoms with Crippen LogP contribution in [-0.4, -0.2) is 25.3 Å². The number of halogens is 2. The van der Waals surface area contributed by atoms with Crippen molar-refractivity contribution in [1.82, 2.24) is 19.4 Å². The van der Waals surface area contributed by atoms with Crippen molar-refractivity contribution in [1.29, 1.82) is 0 Å². The number of hydrogen-bond acceptors (Lipinski definition) is 6. The van der Waals surface area contributed by atoms with Gasteiger partial charge in [-0.05, 0) is 25.1 Å². The zero-order chi connectivity index (χ0) is 19.8. The summed E-state index contributed by atoms with van der Waals surface area (Å²) in [5.41, 5.74) is 9.18. The van der Waals surface area contributed by atoms with Gasteiger partial charge in [-0.15, -0.1) is 11.3 Å². The number of anilines is 1. The van der Waals surface area contributed by atoms with Crippen LogP contribution < -0.4 is 11.1 Å². The molecule has 0 saturated heterocycles. The minimum atomic E-state index is -0.374. The van der Waals surface area contributed by atoms with Gasteiger partial charge in [0, 0.05) is 46.2 Å². The van der Waals surface area contributed by atoms with Crippen molar-refractivity contribution in [3.05, 3.63) is 63.0 Å². The zero-order valence-electron chi connectivity index (χ0n) is 14.6. The van der Waals surface area contributed by atoms with E-state index in [1.165, 1.54) is 11.3 Å². The summed E-state index contributed by atoms with van der Waals surface area (Å²) >= 11 is 13.8. The number of carbonyl (C=O) groups excluding carboxylic acids is 1. The van der Waals surface area contributed by atoms with Gasteiger partial charge in [0.25, 0.3) is 5.91 Å². The Labute approximate surface area is 174 Å². The minimum Gasteiger partial charge on any atom is -0.326 e. The number of imidazole rings is 1. The van der Waals surface area contributed by atoms with Crippen molar-refractivity contribution in [2.24, 2.45) is 5.73 Å². The van der Waals surface area contributed by atoms with Gasteiger partial charge in [0.15, 0.2) is 5.13 Å². The number of nitrogens with one attached hydrogen (secondary N) is 1. The summed E-state index contributed by atoms with van der Waals surface area (Å²) in [6.07, 6.45) is 3.23. The van der Waals surface area contributed by atoms with Crippen molar-refractivity contribution in [2.45, 2.75) is 13.5 Å². The normalized spacial score (nSPS) is 11.1. The Morgan fingerprint density at radius 3 is 2.82 bits per heavy atom. The fraction of sp³-hybridized carbons (Fsp3) is 0.111. The number of benzene rings is 1. The second kappa shape index (κ2) is 7.48. The van der Waals surface area contributed by atoms with E-state index in [0.717, 1.165) is 16.8 Å². The molecule has 0 unspecified atom stereocenters. The molecule has 4 aromatic rings. The van der Waals surface area contributed by atoms with Gasteiger partial charge < -0.3 is 5.73 Å². The van der Waals surface area contributed by atoms with Gasteiger partial charge in [-0.1, -0.05) is 23.2 Å². The molecule has 142 valence electrons. The molecule has 10 heteroatoms. The molecule has 4 rings (SSSR count). The number of nitrogens with two attached hydrogens (primary N) is 1. The number of fused-ring (bicyclic) bond motifs is 1. The number of rotatable bonds is 4. The van der Waals surface area contributed by atoms with E-state index in [2.05, 4.69) is 20.3 Å². The molecule has 28 heavy (non-hydrogen) atoms. The Morgan fingerprint density at radius 1 is 1.32 bits per heavy atom. The number of aryl methyl sites for hydroxylation is 1. The van der Waals surface area contributed by atoms with Crippen LogP contribution in [0.25, 0.3) is 17.0 Å². The maximum absolute atomic E-state index is 12.6. The first kappa shape index (κ1) is 18.8. The minimum absolute atomic E-state index is 0.211. The van der Waals surface area contributed by atoms with Gasteiger partial charge in [0.05, 0.1) is 10.7 Å². The molecule has 0 atom stereocenters. The first-order chi connectivity index (χ1) is 13.5. The van der Waals surface area contributed by atoms with Crippen LogP contribution in [0.2, 0.25) is 10.0 Å². The SMILES string of the molecule is Cc1nc2nc(C(=O)Nc3nccs3)cn2c(-c2ccc(Cl)cc2Cl)c1CN. The first-order valence-electron chi connectivity index (χ1n) is 8.23. The maximum atomic E-state index is 12.6. The summed E-state index contributed by atoms with van der Waals surface area (Å²) < 4.78 is 1.72. The second-order valence-corrected chi connectivity index (χ2v) is 7.68. The molecule has 7 nitrogen and oxygen atoms in total. The molecule has 0 spiro atoms. The highest BCUT2D eigenvalue weighted by Gasteiger charge is 2.20. The van der Waals surface area contributed by atoms with Gasteiger partial charge >= 0.3 is 0 Å². The molecule has 3 heterocycles. The van der Waals surface area contributed by atoms with Crippen molar-refractivity contribution in [3.8, 4) is 11.3 Å². The maximum Gasteiger partial charge on any atom is 0.277 e. The van der Waals surface area contributed by atoms with Crippen LogP contribution >= 0.6 is 34.5 Å². The lowest BCUT2D eigenvalue weighted by molar-refractivity contribution is 0.102. The highest BCUT2D eigenvalue weighted by molar-refractivity contribution is 7.13. The van der Waals surface area contributed by atoms with Crippen LogP contribution in [-0.2, 0) is 6.54 Å². The topological polar surface area (TPSA) is 98.2 Å². The van der Waals surface area contributed by atoms with E-state index in [-0.39, 0.29) is 18.1 Å². The summed E-state index contributed by atoms with van der Waals surface area (Å²) in [5, 5.41) is 5.98. The summed E-state index contributed by atoms with van der Waals surface area (Å²) in [5.74, 6) is 0.000519. The predicted octanol–water partition coefficient (Wildman–Crippen LogP) is 4.18. The number of nitrogens with zero attached hydrogens (tertiary/aromatic N) is 4. The largest absolute Gasteiger partial charge is 0.326 e. The average molecular weight is 433 g/mol. The molecule has 3 aromatic heterocycles. The first-order valence-corrected chi connectivity index (χ1v) is 9.86. The third-order valence-corrected chi connectivity index (χ3v) is 5.43. The van der Waals surface area contributed by atoms with Gasteiger partial charge in [-0.3, -0.25) is 14.5 Å². The number of amides is 1. The molecule has 0 aliphatic rings. The van der Waals surface area contributed by atoms with Crippen LogP contribution in [0, 0.1) is 6.92 Å². The highest BCUT2D eigenvalue weighted by Crippen LogP contribution is 2.34. The highest BCUT2D eigenvalue weighted by atomic mass is 35.5. The Kier molecular flexibility index (Phi) is 5.03. The van der Waals surface area contributed by atoms with Gasteiger partial charge in [-0.25, -0.2) is 15.0 Å². The van der Waals surface area contributed by atoms with Crippen molar-refractivity contribution in [3.63, 3.8) is 0 Å².